The third kappa shape index (κ3) is 16.7. The van der Waals surface area contributed by atoms with Crippen molar-refractivity contribution < 1.29 is 91.5 Å². The van der Waals surface area contributed by atoms with Crippen molar-refractivity contribution in [2.24, 2.45) is 0 Å². The minimum absolute atomic E-state index is 0. The van der Waals surface area contributed by atoms with E-state index in [1.54, 1.807) is 6.07 Å². The van der Waals surface area contributed by atoms with Crippen LogP contribution in [-0.2, 0) is 80.1 Å². The van der Waals surface area contributed by atoms with E-state index in [1.165, 1.54) is 223 Å². The van der Waals surface area contributed by atoms with E-state index in [-0.39, 0.29) is 68.7 Å². The molecule has 138 heavy (non-hydrogen) atoms. The first kappa shape index (κ1) is 93.3. The smallest absolute Gasteiger partial charge is 0.417 e. The fourth-order valence-electron chi connectivity index (χ4n) is 20.8. The van der Waals surface area contributed by atoms with Crippen LogP contribution < -0.4 is 18.3 Å². The summed E-state index contributed by atoms with van der Waals surface area (Å²) in [6.07, 6.45) is 6.82. The molecule has 7 aromatic heterocycles. The molecule has 12 nitrogen and oxygen atoms in total. The predicted octanol–water partition coefficient (Wildman–Crippen LogP) is 26.7. The van der Waals surface area contributed by atoms with Crippen molar-refractivity contribution in [1.29, 1.82) is 0 Å². The van der Waals surface area contributed by atoms with Gasteiger partial charge in [0, 0.05) is 109 Å². The summed E-state index contributed by atoms with van der Waals surface area (Å²) in [5.41, 5.74) is 32.0. The third-order valence-electron chi connectivity index (χ3n) is 26.5. The van der Waals surface area contributed by atoms with Gasteiger partial charge in [0.25, 0.3) is 11.5 Å². The Morgan fingerprint density at radius 2 is 1.09 bits per heavy atom. The van der Waals surface area contributed by atoms with E-state index in [2.05, 4.69) is 382 Å². The molecule has 14 aromatic carbocycles. The number of allylic oxidation sites excluding steroid dienone is 4. The quantitative estimate of drug-likeness (QED) is 0.0581. The Labute approximate surface area is 825 Å². The molecule has 17 heteroatoms. The molecule has 682 valence electrons. The molecule has 1 aliphatic carbocycles. The molecular formula is C121H97F3Ir2N8O4+2. The maximum atomic E-state index is 12.5. The number of fused-ring (bicyclic) bond motifs is 24. The number of aryl methyl sites for hydroxylation is 4. The molecule has 2 N–H and O–H groups in total. The van der Waals surface area contributed by atoms with Crippen LogP contribution in [0.15, 0.2) is 382 Å². The number of alkyl halides is 3. The summed E-state index contributed by atoms with van der Waals surface area (Å²) >= 11 is 0. The number of para-hydroxylation sites is 3. The molecule has 0 saturated heterocycles. The maximum absolute atomic E-state index is 12.5. The summed E-state index contributed by atoms with van der Waals surface area (Å²) in [7, 11) is 0. The number of hydrogen-bond acceptors (Lipinski definition) is 6. The van der Waals surface area contributed by atoms with Crippen molar-refractivity contribution in [2.75, 3.05) is 0 Å². The zero-order valence-corrected chi connectivity index (χ0v) is 82.5. The molecule has 1 unspecified atom stereocenters. The maximum Gasteiger partial charge on any atom is 0.417 e. The Kier molecular flexibility index (Phi) is 25.6. The van der Waals surface area contributed by atoms with Crippen LogP contribution >= 0.6 is 0 Å². The van der Waals surface area contributed by atoms with E-state index in [0.717, 1.165) is 47.4 Å². The number of hydrogen-bond donors (Lipinski definition) is 2. The van der Waals surface area contributed by atoms with Gasteiger partial charge in [-0.05, 0) is 206 Å². The number of aliphatic hydroxyl groups excluding tert-OH is 2. The molecule has 4 aliphatic heterocycles. The molecule has 21 aromatic rings. The Bertz CT molecular complexity index is 8460. The second kappa shape index (κ2) is 37.9. The number of aliphatic hydroxyl groups is 2. The van der Waals surface area contributed by atoms with Crippen LogP contribution in [0.1, 0.15) is 103 Å². The molecule has 0 fully saturated rings. The Morgan fingerprint density at radius 3 is 1.82 bits per heavy atom. The van der Waals surface area contributed by atoms with Gasteiger partial charge < -0.3 is 15.2 Å². The molecule has 2 radical (unpaired) electrons. The van der Waals surface area contributed by atoms with Crippen LogP contribution in [0.5, 0.6) is 0 Å². The van der Waals surface area contributed by atoms with E-state index >= 15 is 0 Å². The molecule has 0 amide bonds. The third-order valence-corrected chi connectivity index (χ3v) is 26.5. The summed E-state index contributed by atoms with van der Waals surface area (Å²) in [6, 6.07) is 122. The van der Waals surface area contributed by atoms with Crippen molar-refractivity contribution in [1.82, 2.24) is 18.9 Å². The zero-order valence-electron chi connectivity index (χ0n) is 77.7. The average Bonchev–Trinajstić information content (AvgIpc) is 1.50. The number of halogens is 3. The first-order valence-electron chi connectivity index (χ1n) is 45.7. The second-order valence-electron chi connectivity index (χ2n) is 36.0. The number of imidazole rings is 2. The number of carbonyl (C=O) groups excluding carboxylic acids is 2. The van der Waals surface area contributed by atoms with Crippen LogP contribution in [0.25, 0.3) is 155 Å². The van der Waals surface area contributed by atoms with Gasteiger partial charge in [0.1, 0.15) is 41.6 Å². The summed E-state index contributed by atoms with van der Waals surface area (Å²) < 4.78 is 52.3. The molecule has 11 heterocycles. The van der Waals surface area contributed by atoms with Crippen molar-refractivity contribution >= 4 is 93.1 Å². The van der Waals surface area contributed by atoms with Gasteiger partial charge in [-0.1, -0.05) is 220 Å². The summed E-state index contributed by atoms with van der Waals surface area (Å²) in [6.45, 7) is 20.9. The van der Waals surface area contributed by atoms with Crippen LogP contribution in [0, 0.1) is 39.8 Å². The number of nitrogens with zero attached hydrogens (tertiary/aromatic N) is 8. The van der Waals surface area contributed by atoms with Crippen LogP contribution in [-0.4, -0.2) is 40.7 Å². The van der Waals surface area contributed by atoms with Gasteiger partial charge in [0.15, 0.2) is 40.7 Å². The Hall–Kier alpha value is -15.1. The minimum atomic E-state index is -4.34. The topological polar surface area (TPSA) is 125 Å². The number of ketones is 2. The normalized spacial score (nSPS) is 13.7. The van der Waals surface area contributed by atoms with Gasteiger partial charge in [0.2, 0.25) is 11.4 Å². The summed E-state index contributed by atoms with van der Waals surface area (Å²) in [5, 5.41) is 29.5. The molecule has 0 bridgehead atoms. The van der Waals surface area contributed by atoms with Crippen molar-refractivity contribution in [3.8, 4) is 73.4 Å². The summed E-state index contributed by atoms with van der Waals surface area (Å²) in [4.78, 5) is 29.1. The monoisotopic (exact) mass is 2170 g/mol. The fourth-order valence-corrected chi connectivity index (χ4v) is 20.8. The number of aromatic nitrogens is 8. The fraction of sp³-hybridized carbons (Fsp3) is 0.124. The van der Waals surface area contributed by atoms with Crippen molar-refractivity contribution in [3.63, 3.8) is 0 Å². The zero-order chi connectivity index (χ0) is 94.2. The van der Waals surface area contributed by atoms with Crippen LogP contribution in [0.2, 0.25) is 0 Å². The minimum Gasteiger partial charge on any atom is -0.512 e. The standard InChI is InChI=1S/C28H20N2.C25H21N2.C24H17N2.C18H14N.C16H9F3N.2C5H8O2.2Ir/c1-19-14-15-26-22-10-4-6-12-24(22)28(30(26)18-19)25-13-7-5-11-23(25)27-21-9-3-2-8-20(21)16-17-29(27)28;1-15-10-11-21-20(12-15)19-9-5-8-18-13-26-14-22(27(21)25(26)24(18)19)23-16(2)6-4-7-17(23)3;1-3-11-19-17(8-1)10-7-15-21(19)26-23-14-6-5-13-22(23)25-16-18-9-2-4-12-20(18)24(25)26;1-18(2)14-8-4-3-7-13(14)17-16-12(10-11-19-17)6-5-9-15(16)18;17-16(18,19)13-8-5-12(6-9-13)15-10-7-11-3-1-2-4-14(11)20-15;2*1-4(6)3-5(2)7;;/h2-18H,1H3;4-12,14H,13H2,1-3H3;1-15H,16H2;3-6,8-11H,1-2H3;1-5,7-10H;2*3,6H,1-2H3;;/q+2;2*+1;2*-1;;;;. The van der Waals surface area contributed by atoms with Gasteiger partial charge in [-0.3, -0.25) is 14.6 Å². The number of pyridine rings is 5. The number of benzene rings is 14. The molecular weight excluding hydrogens is 2070 g/mol. The first-order valence-corrected chi connectivity index (χ1v) is 45.7. The number of rotatable bonds is 5. The van der Waals surface area contributed by atoms with Crippen LogP contribution in [0.3, 0.4) is 0 Å². The molecule has 26 rings (SSSR count). The van der Waals surface area contributed by atoms with Crippen molar-refractivity contribution in [3.05, 3.63) is 455 Å². The van der Waals surface area contributed by atoms with Gasteiger partial charge >= 0.3 is 11.8 Å². The molecule has 1 atom stereocenters. The number of carbonyl (C=O) groups is 2. The second-order valence-corrected chi connectivity index (χ2v) is 36.0. The van der Waals surface area contributed by atoms with E-state index in [0.29, 0.717) is 11.3 Å². The van der Waals surface area contributed by atoms with E-state index in [4.69, 9.17) is 10.2 Å². The molecule has 0 saturated carbocycles. The molecule has 1 spiro atoms. The average molecular weight is 2170 g/mol. The first-order chi connectivity index (χ1) is 65.8. The van der Waals surface area contributed by atoms with E-state index in [9.17, 15) is 22.8 Å². The SMILES string of the molecule is CC(=O)C=C(C)O.CC(=O)C=C(C)O.CC1(C)c2ccc[c-]c2-c2nccc3cccc1c23.Cc1ccc2[n+](c1)C1(c3ccccc3-2)c2ccccc2-c2c3ccccc3cc[n+]21.Cc1ccc2c(c1)c1cccc3c1c1n2c(-c2c(C)cccc2C)c[n+]1C3.FC(F)(F)c1c[c-]c(-c2ccc3ccccc3n2)cc1.[Ir].[Ir].c1ccc2c(c1)C[n+]1c-2n(-c2cccc3ccccc23)c2ccccc21. The van der Waals surface area contributed by atoms with Crippen LogP contribution in [0.4, 0.5) is 13.2 Å². The van der Waals surface area contributed by atoms with Gasteiger partial charge in [-0.25, -0.2) is 9.13 Å². The van der Waals surface area contributed by atoms with Gasteiger partial charge in [-0.2, -0.15) is 22.1 Å². The van der Waals surface area contributed by atoms with Gasteiger partial charge in [-0.15, -0.1) is 74.4 Å². The summed E-state index contributed by atoms with van der Waals surface area (Å²) in [5.74, 6) is 1.15. The molecule has 5 aliphatic rings. The van der Waals surface area contributed by atoms with E-state index < -0.39 is 17.4 Å². The van der Waals surface area contributed by atoms with E-state index in [1.807, 2.05) is 42.6 Å². The predicted molar refractivity (Wildman–Crippen MR) is 538 cm³/mol. The van der Waals surface area contributed by atoms with Crippen molar-refractivity contribution in [2.45, 2.75) is 99.6 Å². The Balaban J connectivity index is 0.000000111. The largest absolute Gasteiger partial charge is 0.512 e. The van der Waals surface area contributed by atoms with Gasteiger partial charge in [0.05, 0.1) is 44.5 Å². The Morgan fingerprint density at radius 1 is 0.493 bits per heavy atom.